The molecule has 0 radical (unpaired) electrons. The molecule has 0 aromatic heterocycles. The summed E-state index contributed by atoms with van der Waals surface area (Å²) >= 11 is 0. The third-order valence-electron chi connectivity index (χ3n) is 3.04. The fourth-order valence-electron chi connectivity index (χ4n) is 2.08. The lowest BCUT2D eigenvalue weighted by Crippen LogP contribution is -2.31. The molecule has 0 N–H and O–H groups in total. The Labute approximate surface area is 122 Å². The molecule has 0 fully saturated rings. The zero-order valence-electron chi connectivity index (χ0n) is 11.7. The number of nitrogens with zero attached hydrogens (tertiary/aromatic N) is 1. The first-order chi connectivity index (χ1) is 9.86. The Balaban J connectivity index is 2.54. The summed E-state index contributed by atoms with van der Waals surface area (Å²) in [5, 5.41) is 0. The molecule has 0 aliphatic heterocycles. The number of hydrogen-bond donors (Lipinski definition) is 0. The van der Waals surface area contributed by atoms with Crippen LogP contribution >= 0.6 is 0 Å². The molecule has 6 heteroatoms. The van der Waals surface area contributed by atoms with E-state index in [1.807, 2.05) is 13.0 Å². The van der Waals surface area contributed by atoms with Gasteiger partial charge in [0.1, 0.15) is 16.5 Å². The number of rotatable bonds is 4. The summed E-state index contributed by atoms with van der Waals surface area (Å²) in [7, 11) is -4.08. The van der Waals surface area contributed by atoms with Crippen molar-refractivity contribution in [2.75, 3.05) is 10.8 Å². The van der Waals surface area contributed by atoms with Gasteiger partial charge in [-0.05, 0) is 43.7 Å². The second-order valence-corrected chi connectivity index (χ2v) is 6.41. The van der Waals surface area contributed by atoms with Crippen LogP contribution in [0.5, 0.6) is 0 Å². The first-order valence-corrected chi connectivity index (χ1v) is 7.84. The predicted molar refractivity (Wildman–Crippen MR) is 77.7 cm³/mol. The van der Waals surface area contributed by atoms with E-state index in [4.69, 9.17) is 0 Å². The Morgan fingerprint density at radius 3 is 2.38 bits per heavy atom. The van der Waals surface area contributed by atoms with Gasteiger partial charge in [0.2, 0.25) is 0 Å². The molecule has 0 spiro atoms. The fourth-order valence-corrected chi connectivity index (χ4v) is 3.59. The van der Waals surface area contributed by atoms with Crippen LogP contribution in [0.3, 0.4) is 0 Å². The number of anilines is 1. The lowest BCUT2D eigenvalue weighted by atomic mass is 10.2. The second kappa shape index (κ2) is 5.81. The predicted octanol–water partition coefficient (Wildman–Crippen LogP) is 3.49. The van der Waals surface area contributed by atoms with E-state index in [-0.39, 0.29) is 6.54 Å². The maximum Gasteiger partial charge on any atom is 0.267 e. The van der Waals surface area contributed by atoms with Crippen molar-refractivity contribution in [3.8, 4) is 0 Å². The normalized spacial score (nSPS) is 11.4. The third kappa shape index (κ3) is 3.05. The highest BCUT2D eigenvalue weighted by Gasteiger charge is 2.27. The summed E-state index contributed by atoms with van der Waals surface area (Å²) in [4.78, 5) is -0.535. The highest BCUT2D eigenvalue weighted by Crippen LogP contribution is 2.26. The van der Waals surface area contributed by atoms with E-state index in [1.165, 1.54) is 0 Å². The topological polar surface area (TPSA) is 37.4 Å². The van der Waals surface area contributed by atoms with E-state index in [0.717, 1.165) is 22.0 Å². The largest absolute Gasteiger partial charge is 0.267 e. The molecular formula is C15H15F2NO2S. The molecule has 0 aliphatic rings. The molecule has 2 rings (SSSR count). The number of halogens is 2. The minimum atomic E-state index is -4.08. The van der Waals surface area contributed by atoms with Crippen molar-refractivity contribution >= 4 is 15.7 Å². The molecule has 21 heavy (non-hydrogen) atoms. The van der Waals surface area contributed by atoms with Gasteiger partial charge in [0.25, 0.3) is 10.0 Å². The van der Waals surface area contributed by atoms with Gasteiger partial charge >= 0.3 is 0 Å². The average Bonchev–Trinajstić information content (AvgIpc) is 2.38. The molecule has 0 amide bonds. The van der Waals surface area contributed by atoms with E-state index < -0.39 is 26.6 Å². The van der Waals surface area contributed by atoms with Gasteiger partial charge in [-0.25, -0.2) is 17.2 Å². The van der Waals surface area contributed by atoms with Crippen LogP contribution < -0.4 is 4.31 Å². The van der Waals surface area contributed by atoms with Crippen molar-refractivity contribution in [2.45, 2.75) is 18.7 Å². The Hall–Kier alpha value is -1.95. The zero-order chi connectivity index (χ0) is 15.6. The van der Waals surface area contributed by atoms with Gasteiger partial charge in [-0.2, -0.15) is 0 Å². The van der Waals surface area contributed by atoms with Crippen LogP contribution in [0, 0.1) is 18.6 Å². The van der Waals surface area contributed by atoms with Crippen molar-refractivity contribution < 1.29 is 17.2 Å². The number of hydrogen-bond acceptors (Lipinski definition) is 2. The maximum atomic E-state index is 13.8. The number of sulfonamides is 1. The SMILES string of the molecule is CCN(c1cccc(C)c1)S(=O)(=O)c1ccc(F)cc1F. The van der Waals surface area contributed by atoms with Gasteiger partial charge in [0.05, 0.1) is 5.69 Å². The summed E-state index contributed by atoms with van der Waals surface area (Å²) in [6.45, 7) is 3.63. The summed E-state index contributed by atoms with van der Waals surface area (Å²) < 4.78 is 53.0. The molecule has 112 valence electrons. The lowest BCUT2D eigenvalue weighted by molar-refractivity contribution is 0.547. The smallest absolute Gasteiger partial charge is 0.267 e. The molecule has 2 aromatic rings. The van der Waals surface area contributed by atoms with Crippen LogP contribution in [0.25, 0.3) is 0 Å². The summed E-state index contributed by atoms with van der Waals surface area (Å²) in [6, 6.07) is 9.33. The monoisotopic (exact) mass is 311 g/mol. The first kappa shape index (κ1) is 15.4. The lowest BCUT2D eigenvalue weighted by Gasteiger charge is -2.23. The van der Waals surface area contributed by atoms with Crippen molar-refractivity contribution in [1.29, 1.82) is 0 Å². The van der Waals surface area contributed by atoms with Crippen LogP contribution in [0.4, 0.5) is 14.5 Å². The molecule has 0 saturated heterocycles. The second-order valence-electron chi connectivity index (χ2n) is 4.58. The zero-order valence-corrected chi connectivity index (χ0v) is 12.5. The van der Waals surface area contributed by atoms with Crippen LogP contribution in [0.15, 0.2) is 47.4 Å². The van der Waals surface area contributed by atoms with E-state index >= 15 is 0 Å². The summed E-state index contributed by atoms with van der Waals surface area (Å²) in [5.74, 6) is -1.91. The highest BCUT2D eigenvalue weighted by molar-refractivity contribution is 7.92. The van der Waals surface area contributed by atoms with Crippen molar-refractivity contribution in [2.24, 2.45) is 0 Å². The molecule has 0 saturated carbocycles. The molecule has 0 heterocycles. The van der Waals surface area contributed by atoms with Gasteiger partial charge in [-0.15, -0.1) is 0 Å². The van der Waals surface area contributed by atoms with Crippen molar-refractivity contribution in [3.63, 3.8) is 0 Å². The summed E-state index contributed by atoms with van der Waals surface area (Å²) in [6.07, 6.45) is 0. The minimum absolute atomic E-state index is 0.141. The highest BCUT2D eigenvalue weighted by atomic mass is 32.2. The Morgan fingerprint density at radius 1 is 1.10 bits per heavy atom. The first-order valence-electron chi connectivity index (χ1n) is 6.40. The average molecular weight is 311 g/mol. The molecule has 0 bridgehead atoms. The molecule has 0 unspecified atom stereocenters. The van der Waals surface area contributed by atoms with Gasteiger partial charge in [0.15, 0.2) is 0 Å². The minimum Gasteiger partial charge on any atom is -0.267 e. The van der Waals surface area contributed by atoms with Gasteiger partial charge < -0.3 is 0 Å². The summed E-state index contributed by atoms with van der Waals surface area (Å²) in [5.41, 5.74) is 1.34. The van der Waals surface area contributed by atoms with E-state index in [1.54, 1.807) is 25.1 Å². The third-order valence-corrected chi connectivity index (χ3v) is 4.98. The number of benzene rings is 2. The molecule has 0 atom stereocenters. The van der Waals surface area contributed by atoms with Crippen molar-refractivity contribution in [3.05, 3.63) is 59.7 Å². The van der Waals surface area contributed by atoms with Gasteiger partial charge in [-0.1, -0.05) is 12.1 Å². The Morgan fingerprint density at radius 2 is 1.81 bits per heavy atom. The molecule has 3 nitrogen and oxygen atoms in total. The molecule has 2 aromatic carbocycles. The Bertz CT molecular complexity index is 760. The van der Waals surface area contributed by atoms with Crippen LogP contribution in [0.2, 0.25) is 0 Å². The number of aryl methyl sites for hydroxylation is 1. The standard InChI is InChI=1S/C15H15F2NO2S/c1-3-18(13-6-4-5-11(2)9-13)21(19,20)15-8-7-12(16)10-14(15)17/h4-10H,3H2,1-2H3. The maximum absolute atomic E-state index is 13.8. The van der Waals surface area contributed by atoms with E-state index in [0.29, 0.717) is 11.8 Å². The van der Waals surface area contributed by atoms with E-state index in [9.17, 15) is 17.2 Å². The van der Waals surface area contributed by atoms with Gasteiger partial charge in [0, 0.05) is 12.6 Å². The fraction of sp³-hybridized carbons (Fsp3) is 0.200. The van der Waals surface area contributed by atoms with Crippen LogP contribution in [0.1, 0.15) is 12.5 Å². The van der Waals surface area contributed by atoms with Gasteiger partial charge in [-0.3, -0.25) is 4.31 Å². The van der Waals surface area contributed by atoms with Crippen LogP contribution in [-0.2, 0) is 10.0 Å². The molecular weight excluding hydrogens is 296 g/mol. The quantitative estimate of drug-likeness (QED) is 0.867. The van der Waals surface area contributed by atoms with Crippen molar-refractivity contribution in [1.82, 2.24) is 0 Å². The van der Waals surface area contributed by atoms with E-state index in [2.05, 4.69) is 0 Å². The Kier molecular flexibility index (Phi) is 4.27. The molecule has 0 aliphatic carbocycles. The van der Waals surface area contributed by atoms with Crippen LogP contribution in [-0.4, -0.2) is 15.0 Å².